The molecule has 1 N–H and O–H groups in total. The van der Waals surface area contributed by atoms with Crippen LogP contribution in [0.15, 0.2) is 76.1 Å². The van der Waals surface area contributed by atoms with Crippen molar-refractivity contribution in [3.8, 4) is 5.75 Å². The minimum atomic E-state index is -4.20. The van der Waals surface area contributed by atoms with Crippen molar-refractivity contribution in [3.63, 3.8) is 0 Å². The normalized spacial score (nSPS) is 17.2. The van der Waals surface area contributed by atoms with Gasteiger partial charge in [0.05, 0.1) is 40.0 Å². The first-order valence-corrected chi connectivity index (χ1v) is 18.1. The van der Waals surface area contributed by atoms with Gasteiger partial charge in [-0.15, -0.1) is 5.10 Å². The van der Waals surface area contributed by atoms with E-state index in [1.165, 1.54) is 7.11 Å². The molecule has 0 bridgehead atoms. The maximum atomic E-state index is 13.9. The average molecular weight is 758 g/mol. The zero-order chi connectivity index (χ0) is 36.8. The number of aromatic nitrogens is 2. The van der Waals surface area contributed by atoms with Crippen LogP contribution in [-0.2, 0) is 6.54 Å². The summed E-state index contributed by atoms with van der Waals surface area (Å²) in [5, 5.41) is 16.1. The highest BCUT2D eigenvalue weighted by Gasteiger charge is 2.28. The average Bonchev–Trinajstić information content (AvgIpc) is 3.79. The van der Waals surface area contributed by atoms with Gasteiger partial charge in [-0.3, -0.25) is 4.79 Å². The van der Waals surface area contributed by atoms with Gasteiger partial charge in [0, 0.05) is 51.6 Å². The molecule has 2 aliphatic rings. The standard InChI is InChI=1S/C37H41Cl2F3N8O2/c1-48(35(51)28-20-25(9-11-34(28)52-2)32-22-43-47-46-32)23-26(24-8-10-29(38)30(39)21-24)12-17-49-18-13-27(14-19-49)44-36-45-31-6-3-4-7-33(31)50(36)16-5-15-37(40,41)42/h3-4,6-11,20-22,26-27,32H,5,12-19,23H2,1-2H3,(H,44,45). The molecule has 1 saturated heterocycles. The number of piperidine rings is 1. The van der Waals surface area contributed by atoms with Crippen LogP contribution >= 0.6 is 23.2 Å². The Labute approximate surface area is 310 Å². The van der Waals surface area contributed by atoms with E-state index in [0.29, 0.717) is 33.9 Å². The van der Waals surface area contributed by atoms with Gasteiger partial charge in [-0.1, -0.05) is 47.5 Å². The molecule has 2 atom stereocenters. The highest BCUT2D eigenvalue weighted by molar-refractivity contribution is 6.42. The number of carbonyl (C=O) groups excluding carboxylic acids is 1. The molecule has 3 aromatic carbocycles. The van der Waals surface area contributed by atoms with Crippen molar-refractivity contribution in [1.82, 2.24) is 19.4 Å². The van der Waals surface area contributed by atoms with Crippen LogP contribution in [0.5, 0.6) is 5.75 Å². The number of rotatable bonds is 14. The Hall–Kier alpha value is -4.20. The largest absolute Gasteiger partial charge is 0.496 e. The summed E-state index contributed by atoms with van der Waals surface area (Å²) in [5.41, 5.74) is 3.78. The maximum absolute atomic E-state index is 13.9. The number of aryl methyl sites for hydroxylation is 1. The summed E-state index contributed by atoms with van der Waals surface area (Å²) in [6, 6.07) is 18.3. The van der Waals surface area contributed by atoms with Crippen molar-refractivity contribution in [3.05, 3.63) is 87.4 Å². The summed E-state index contributed by atoms with van der Waals surface area (Å²) in [5.74, 6) is 0.845. The predicted octanol–water partition coefficient (Wildman–Crippen LogP) is 9.01. The van der Waals surface area contributed by atoms with Gasteiger partial charge in [0.15, 0.2) is 0 Å². The number of nitrogens with zero attached hydrogens (tertiary/aromatic N) is 7. The van der Waals surface area contributed by atoms with Crippen LogP contribution < -0.4 is 10.1 Å². The summed E-state index contributed by atoms with van der Waals surface area (Å²) in [6.45, 7) is 3.12. The lowest BCUT2D eigenvalue weighted by Crippen LogP contribution is -2.40. The first-order chi connectivity index (χ1) is 25.0. The van der Waals surface area contributed by atoms with Gasteiger partial charge in [-0.25, -0.2) is 4.98 Å². The van der Waals surface area contributed by atoms with Gasteiger partial charge in [0.1, 0.15) is 11.8 Å². The van der Waals surface area contributed by atoms with E-state index in [1.54, 1.807) is 36.4 Å². The van der Waals surface area contributed by atoms with Gasteiger partial charge in [0.25, 0.3) is 5.91 Å². The Morgan fingerprint density at radius 3 is 2.56 bits per heavy atom. The van der Waals surface area contributed by atoms with Crippen LogP contribution in [0, 0.1) is 0 Å². The minimum absolute atomic E-state index is 0.0136. The van der Waals surface area contributed by atoms with Crippen molar-refractivity contribution < 1.29 is 22.7 Å². The number of imidazole rings is 1. The van der Waals surface area contributed by atoms with Crippen molar-refractivity contribution in [2.75, 3.05) is 45.7 Å². The van der Waals surface area contributed by atoms with E-state index in [0.717, 1.165) is 61.1 Å². The number of likely N-dealkylation sites (N-methyl/N-ethyl adjacent to an activating group) is 1. The smallest absolute Gasteiger partial charge is 0.389 e. The molecule has 52 heavy (non-hydrogen) atoms. The molecule has 276 valence electrons. The molecular formula is C37H41Cl2F3N8O2. The number of carbonyl (C=O) groups is 1. The van der Waals surface area contributed by atoms with E-state index in [-0.39, 0.29) is 36.9 Å². The Kier molecular flexibility index (Phi) is 12.0. The van der Waals surface area contributed by atoms with Crippen LogP contribution in [0.3, 0.4) is 0 Å². The van der Waals surface area contributed by atoms with E-state index in [4.69, 9.17) is 32.9 Å². The van der Waals surface area contributed by atoms with Crippen molar-refractivity contribution in [2.24, 2.45) is 15.4 Å². The molecule has 15 heteroatoms. The fraction of sp³-hybridized carbons (Fsp3) is 0.432. The minimum Gasteiger partial charge on any atom is -0.496 e. The summed E-state index contributed by atoms with van der Waals surface area (Å²) in [6.07, 6.45) is -0.961. The first kappa shape index (κ1) is 37.6. The summed E-state index contributed by atoms with van der Waals surface area (Å²) >= 11 is 12.7. The molecular weight excluding hydrogens is 716 g/mol. The van der Waals surface area contributed by atoms with E-state index in [2.05, 4.69) is 25.7 Å². The summed E-state index contributed by atoms with van der Waals surface area (Å²) < 4.78 is 46.2. The highest BCUT2D eigenvalue weighted by Crippen LogP contribution is 2.32. The number of halogens is 5. The number of ether oxygens (including phenoxy) is 1. The lowest BCUT2D eigenvalue weighted by Gasteiger charge is -2.34. The Morgan fingerprint density at radius 2 is 1.85 bits per heavy atom. The molecule has 1 aromatic heterocycles. The molecule has 2 unspecified atom stereocenters. The Bertz CT molecular complexity index is 1910. The third kappa shape index (κ3) is 9.23. The van der Waals surface area contributed by atoms with Crippen molar-refractivity contribution >= 4 is 52.3 Å². The number of benzene rings is 3. The van der Waals surface area contributed by atoms with Crippen LogP contribution in [0.25, 0.3) is 11.0 Å². The SMILES string of the molecule is COc1ccc(C2C=NN=N2)cc1C(=O)N(C)CC(CCN1CCC(Nc2nc3ccccc3n2CCCC(F)(F)F)CC1)c1ccc(Cl)c(Cl)c1. The monoisotopic (exact) mass is 756 g/mol. The van der Waals surface area contributed by atoms with Crippen LogP contribution in [0.2, 0.25) is 10.0 Å². The zero-order valence-electron chi connectivity index (χ0n) is 29.0. The lowest BCUT2D eigenvalue weighted by molar-refractivity contribution is -0.135. The third-order valence-corrected chi connectivity index (χ3v) is 10.4. The second kappa shape index (κ2) is 16.6. The number of nitrogens with one attached hydrogen (secondary N) is 1. The van der Waals surface area contributed by atoms with Gasteiger partial charge in [-0.2, -0.15) is 18.3 Å². The molecule has 2 aliphatic heterocycles. The molecule has 0 saturated carbocycles. The highest BCUT2D eigenvalue weighted by atomic mass is 35.5. The number of likely N-dealkylation sites (tertiary alicyclic amines) is 1. The third-order valence-electron chi connectivity index (χ3n) is 9.70. The van der Waals surface area contributed by atoms with Crippen molar-refractivity contribution in [2.45, 2.75) is 62.8 Å². The van der Waals surface area contributed by atoms with Crippen LogP contribution in [-0.4, -0.2) is 84.0 Å². The quantitative estimate of drug-likeness (QED) is 0.139. The number of methoxy groups -OCH3 is 1. The van der Waals surface area contributed by atoms with Crippen molar-refractivity contribution in [1.29, 1.82) is 0 Å². The number of amides is 1. The van der Waals surface area contributed by atoms with E-state index in [1.807, 2.05) is 47.0 Å². The Morgan fingerprint density at radius 1 is 1.06 bits per heavy atom. The van der Waals surface area contributed by atoms with E-state index >= 15 is 0 Å². The number of hydrogen-bond donors (Lipinski definition) is 1. The molecule has 6 rings (SSSR count). The molecule has 0 radical (unpaired) electrons. The van der Waals surface area contributed by atoms with Crippen LogP contribution in [0.1, 0.15) is 65.5 Å². The number of hydrogen-bond acceptors (Lipinski definition) is 8. The van der Waals surface area contributed by atoms with Gasteiger partial charge < -0.3 is 24.4 Å². The molecule has 10 nitrogen and oxygen atoms in total. The molecule has 0 aliphatic carbocycles. The number of fused-ring (bicyclic) bond motifs is 1. The second-order valence-electron chi connectivity index (χ2n) is 13.3. The van der Waals surface area contributed by atoms with Gasteiger partial charge in [-0.05, 0) is 85.0 Å². The van der Waals surface area contributed by atoms with Gasteiger partial charge in [0.2, 0.25) is 5.95 Å². The van der Waals surface area contributed by atoms with Gasteiger partial charge >= 0.3 is 6.18 Å². The first-order valence-electron chi connectivity index (χ1n) is 17.3. The second-order valence-corrected chi connectivity index (χ2v) is 14.1. The number of alkyl halides is 3. The fourth-order valence-electron chi connectivity index (χ4n) is 6.86. The Balaban J connectivity index is 1.10. The van der Waals surface area contributed by atoms with Crippen LogP contribution in [0.4, 0.5) is 19.1 Å². The maximum Gasteiger partial charge on any atom is 0.389 e. The van der Waals surface area contributed by atoms with E-state index in [9.17, 15) is 18.0 Å². The summed E-state index contributed by atoms with van der Waals surface area (Å²) in [4.78, 5) is 22.7. The zero-order valence-corrected chi connectivity index (χ0v) is 30.5. The molecule has 4 aromatic rings. The topological polar surface area (TPSA) is 99.7 Å². The fourth-order valence-corrected chi connectivity index (χ4v) is 7.16. The predicted molar refractivity (Wildman–Crippen MR) is 198 cm³/mol. The molecule has 1 fully saturated rings. The number of para-hydroxylation sites is 2. The number of anilines is 1. The lowest BCUT2D eigenvalue weighted by atomic mass is 9.93. The van der Waals surface area contributed by atoms with E-state index < -0.39 is 12.6 Å². The summed E-state index contributed by atoms with van der Waals surface area (Å²) in [7, 11) is 3.32. The molecule has 0 spiro atoms. The molecule has 1 amide bonds. The molecule has 3 heterocycles.